The van der Waals surface area contributed by atoms with E-state index in [1.165, 1.54) is 19.1 Å². The van der Waals surface area contributed by atoms with Crippen molar-refractivity contribution in [2.75, 3.05) is 0 Å². The summed E-state index contributed by atoms with van der Waals surface area (Å²) < 4.78 is 0. The normalized spacial score (nSPS) is 12.1. The minimum absolute atomic E-state index is 0.0719. The Morgan fingerprint density at radius 1 is 1.57 bits per heavy atom. The fourth-order valence-electron chi connectivity index (χ4n) is 1.14. The van der Waals surface area contributed by atoms with Crippen LogP contribution in [0.1, 0.15) is 28.2 Å². The molecule has 1 aromatic rings. The van der Waals surface area contributed by atoms with Crippen molar-refractivity contribution in [3.8, 4) is 5.75 Å². The number of aldehydes is 1. The first kappa shape index (κ1) is 10.7. The number of hydrogen-bond acceptors (Lipinski definition) is 3. The van der Waals surface area contributed by atoms with Crippen LogP contribution in [0.3, 0.4) is 0 Å². The Bertz CT molecular complexity index is 374. The second-order valence-corrected chi connectivity index (χ2v) is 3.31. The molecule has 1 unspecified atom stereocenters. The van der Waals surface area contributed by atoms with Crippen LogP contribution in [0.4, 0.5) is 0 Å². The summed E-state index contributed by atoms with van der Waals surface area (Å²) in [7, 11) is 0. The molecule has 0 fully saturated rings. The van der Waals surface area contributed by atoms with E-state index in [1.807, 2.05) is 0 Å². The van der Waals surface area contributed by atoms with Crippen molar-refractivity contribution < 1.29 is 14.7 Å². The smallest absolute Gasteiger partial charge is 0.154 e. The van der Waals surface area contributed by atoms with Crippen LogP contribution in [0.25, 0.3) is 0 Å². The van der Waals surface area contributed by atoms with E-state index < -0.39 is 5.38 Å². The summed E-state index contributed by atoms with van der Waals surface area (Å²) in [5, 5.41) is 8.43. The standard InChI is InChI=1S/C10H9ClO3/c1-6(13)10(11)7-3-2-4-9(14)8(7)5-12/h2-5,10,14H,1H3. The third-order valence-electron chi connectivity index (χ3n) is 1.86. The first-order chi connectivity index (χ1) is 6.57. The van der Waals surface area contributed by atoms with Crippen LogP contribution < -0.4 is 0 Å². The van der Waals surface area contributed by atoms with Gasteiger partial charge in [-0.25, -0.2) is 0 Å². The van der Waals surface area contributed by atoms with Gasteiger partial charge in [0, 0.05) is 0 Å². The van der Waals surface area contributed by atoms with Crippen LogP contribution in [-0.4, -0.2) is 17.2 Å². The first-order valence-corrected chi connectivity index (χ1v) is 4.43. The maximum Gasteiger partial charge on any atom is 0.154 e. The predicted octanol–water partition coefficient (Wildman–Crippen LogP) is 2.07. The molecule has 0 saturated carbocycles. The summed E-state index contributed by atoms with van der Waals surface area (Å²) in [6.45, 7) is 1.33. The van der Waals surface area contributed by atoms with Gasteiger partial charge in [0.15, 0.2) is 12.1 Å². The summed E-state index contributed by atoms with van der Waals surface area (Å²) in [5.74, 6) is -0.426. The molecule has 0 radical (unpaired) electrons. The van der Waals surface area contributed by atoms with Gasteiger partial charge < -0.3 is 5.11 Å². The summed E-state index contributed by atoms with van der Waals surface area (Å²) in [6.07, 6.45) is 0.489. The zero-order chi connectivity index (χ0) is 10.7. The van der Waals surface area contributed by atoms with Crippen molar-refractivity contribution in [1.29, 1.82) is 0 Å². The summed E-state index contributed by atoms with van der Waals surface area (Å²) in [4.78, 5) is 21.6. The number of carbonyl (C=O) groups excluding carboxylic acids is 2. The van der Waals surface area contributed by atoms with Crippen molar-refractivity contribution in [2.45, 2.75) is 12.3 Å². The Balaban J connectivity index is 3.26. The van der Waals surface area contributed by atoms with Gasteiger partial charge in [0.2, 0.25) is 0 Å². The molecule has 4 heteroatoms. The Kier molecular flexibility index (Phi) is 3.25. The largest absolute Gasteiger partial charge is 0.507 e. The minimum Gasteiger partial charge on any atom is -0.507 e. The Hall–Kier alpha value is -1.35. The zero-order valence-electron chi connectivity index (χ0n) is 7.53. The topological polar surface area (TPSA) is 54.4 Å². The fraction of sp³-hybridized carbons (Fsp3) is 0.200. The van der Waals surface area contributed by atoms with Crippen LogP contribution in [0, 0.1) is 0 Å². The van der Waals surface area contributed by atoms with E-state index in [1.54, 1.807) is 6.07 Å². The number of Topliss-reactive ketones (excluding diaryl/α,β-unsaturated/α-hetero) is 1. The first-order valence-electron chi connectivity index (χ1n) is 3.99. The van der Waals surface area contributed by atoms with Crippen molar-refractivity contribution in [2.24, 2.45) is 0 Å². The van der Waals surface area contributed by atoms with Crippen LogP contribution in [0.2, 0.25) is 0 Å². The summed E-state index contributed by atoms with van der Waals surface area (Å²) in [6, 6.07) is 4.45. The highest BCUT2D eigenvalue weighted by molar-refractivity contribution is 6.31. The van der Waals surface area contributed by atoms with Crippen molar-refractivity contribution in [1.82, 2.24) is 0 Å². The van der Waals surface area contributed by atoms with Gasteiger partial charge in [-0.15, -0.1) is 11.6 Å². The lowest BCUT2D eigenvalue weighted by Gasteiger charge is -2.09. The van der Waals surface area contributed by atoms with E-state index in [4.69, 9.17) is 11.6 Å². The highest BCUT2D eigenvalue weighted by Gasteiger charge is 2.18. The fourth-order valence-corrected chi connectivity index (χ4v) is 1.33. The number of alkyl halides is 1. The molecule has 14 heavy (non-hydrogen) atoms. The molecule has 1 atom stereocenters. The van der Waals surface area contributed by atoms with Gasteiger partial charge in [0.05, 0.1) is 5.56 Å². The monoisotopic (exact) mass is 212 g/mol. The number of hydrogen-bond donors (Lipinski definition) is 1. The number of phenols is 1. The molecular formula is C10H9ClO3. The molecule has 3 nitrogen and oxygen atoms in total. The maximum absolute atomic E-state index is 11.0. The number of carbonyl (C=O) groups is 2. The highest BCUT2D eigenvalue weighted by Crippen LogP contribution is 2.28. The molecule has 0 aliphatic heterocycles. The molecule has 0 aliphatic rings. The molecule has 0 heterocycles. The van der Waals surface area contributed by atoms with E-state index in [9.17, 15) is 14.7 Å². The van der Waals surface area contributed by atoms with Crippen molar-refractivity contribution >= 4 is 23.7 Å². The van der Waals surface area contributed by atoms with Crippen LogP contribution in [-0.2, 0) is 4.79 Å². The zero-order valence-corrected chi connectivity index (χ0v) is 8.28. The van der Waals surface area contributed by atoms with Crippen molar-refractivity contribution in [3.63, 3.8) is 0 Å². The molecule has 74 valence electrons. The van der Waals surface area contributed by atoms with E-state index in [-0.39, 0.29) is 17.1 Å². The average molecular weight is 213 g/mol. The molecule has 0 bridgehead atoms. The van der Waals surface area contributed by atoms with Crippen LogP contribution in [0.15, 0.2) is 18.2 Å². The lowest BCUT2D eigenvalue weighted by atomic mass is 10.0. The lowest BCUT2D eigenvalue weighted by molar-refractivity contribution is -0.116. The van der Waals surface area contributed by atoms with Gasteiger partial charge in [-0.3, -0.25) is 9.59 Å². The van der Waals surface area contributed by atoms with Gasteiger partial charge >= 0.3 is 0 Å². The molecular weight excluding hydrogens is 204 g/mol. The Morgan fingerprint density at radius 2 is 2.21 bits per heavy atom. The van der Waals surface area contributed by atoms with Gasteiger partial charge in [-0.1, -0.05) is 12.1 Å². The molecule has 0 spiro atoms. The van der Waals surface area contributed by atoms with Crippen molar-refractivity contribution in [3.05, 3.63) is 29.3 Å². The number of halogens is 1. The molecule has 0 aromatic heterocycles. The SMILES string of the molecule is CC(=O)C(Cl)c1cccc(O)c1C=O. The van der Waals surface area contributed by atoms with E-state index in [2.05, 4.69) is 0 Å². The van der Waals surface area contributed by atoms with E-state index in [0.29, 0.717) is 11.8 Å². The highest BCUT2D eigenvalue weighted by atomic mass is 35.5. The predicted molar refractivity (Wildman–Crippen MR) is 52.8 cm³/mol. The molecule has 0 aliphatic carbocycles. The molecule has 0 saturated heterocycles. The van der Waals surface area contributed by atoms with Gasteiger partial charge in [-0.05, 0) is 18.6 Å². The molecule has 1 aromatic carbocycles. The summed E-state index contributed by atoms with van der Waals surface area (Å²) >= 11 is 5.78. The van der Waals surface area contributed by atoms with Gasteiger partial charge in [0.1, 0.15) is 11.1 Å². The number of aromatic hydroxyl groups is 1. The quantitative estimate of drug-likeness (QED) is 0.617. The lowest BCUT2D eigenvalue weighted by Crippen LogP contribution is -2.04. The number of ketones is 1. The second-order valence-electron chi connectivity index (χ2n) is 2.87. The Morgan fingerprint density at radius 3 is 2.71 bits per heavy atom. The van der Waals surface area contributed by atoms with Crippen LogP contribution in [0.5, 0.6) is 5.75 Å². The second kappa shape index (κ2) is 4.24. The van der Waals surface area contributed by atoms with Crippen LogP contribution >= 0.6 is 11.6 Å². The third kappa shape index (κ3) is 1.93. The molecule has 1 rings (SSSR count). The number of benzene rings is 1. The summed E-state index contributed by atoms with van der Waals surface area (Å²) in [5.41, 5.74) is 0.414. The van der Waals surface area contributed by atoms with Gasteiger partial charge in [-0.2, -0.15) is 0 Å². The third-order valence-corrected chi connectivity index (χ3v) is 2.41. The minimum atomic E-state index is -0.887. The van der Waals surface area contributed by atoms with E-state index in [0.717, 1.165) is 0 Å². The average Bonchev–Trinajstić information content (AvgIpc) is 2.16. The Labute approximate surface area is 86.3 Å². The molecule has 0 amide bonds. The maximum atomic E-state index is 11.0. The molecule has 1 N–H and O–H groups in total. The van der Waals surface area contributed by atoms with Gasteiger partial charge in [0.25, 0.3) is 0 Å². The number of rotatable bonds is 3. The van der Waals surface area contributed by atoms with E-state index >= 15 is 0 Å². The number of phenolic OH excluding ortho intramolecular Hbond substituents is 1.